The quantitative estimate of drug-likeness (QED) is 0.739. The van der Waals surface area contributed by atoms with E-state index in [4.69, 9.17) is 11.6 Å². The molecular weight excluding hydrogens is 260 g/mol. The maximum Gasteiger partial charge on any atom is 0.224 e. The molecule has 0 aliphatic carbocycles. The van der Waals surface area contributed by atoms with Crippen LogP contribution >= 0.6 is 11.6 Å². The molecular formula is C14H21ClN4. The normalized spacial score (nSPS) is 28.3. The van der Waals surface area contributed by atoms with Crippen molar-refractivity contribution in [3.8, 4) is 0 Å². The summed E-state index contributed by atoms with van der Waals surface area (Å²) in [5, 5.41) is 0.359. The van der Waals surface area contributed by atoms with Gasteiger partial charge < -0.3 is 9.80 Å². The van der Waals surface area contributed by atoms with E-state index < -0.39 is 0 Å². The summed E-state index contributed by atoms with van der Waals surface area (Å²) >= 11 is 5.97. The van der Waals surface area contributed by atoms with Crippen molar-refractivity contribution >= 4 is 17.4 Å². The van der Waals surface area contributed by atoms with Crippen LogP contribution in [0.15, 0.2) is 6.07 Å². The first-order chi connectivity index (χ1) is 9.13. The van der Waals surface area contributed by atoms with Crippen LogP contribution in [0.25, 0.3) is 0 Å². The van der Waals surface area contributed by atoms with Crippen molar-refractivity contribution in [1.29, 1.82) is 0 Å². The summed E-state index contributed by atoms with van der Waals surface area (Å²) in [6.45, 7) is 5.39. The van der Waals surface area contributed by atoms with Gasteiger partial charge in [-0.25, -0.2) is 9.97 Å². The largest absolute Gasteiger partial charge is 0.356 e. The molecule has 0 saturated carbocycles. The fourth-order valence-corrected chi connectivity index (χ4v) is 3.76. The number of aryl methyl sites for hydroxylation is 1. The molecule has 2 atom stereocenters. The molecule has 4 nitrogen and oxygen atoms in total. The Bertz CT molecular complexity index is 445. The predicted octanol–water partition coefficient (Wildman–Crippen LogP) is 2.36. The highest BCUT2D eigenvalue weighted by Crippen LogP contribution is 2.31. The molecule has 0 spiro atoms. The zero-order valence-corrected chi connectivity index (χ0v) is 12.4. The lowest BCUT2D eigenvalue weighted by molar-refractivity contribution is 0.102. The maximum atomic E-state index is 5.97. The molecule has 3 rings (SSSR count). The lowest BCUT2D eigenvalue weighted by Crippen LogP contribution is -2.52. The summed E-state index contributed by atoms with van der Waals surface area (Å²) in [7, 11) is 2.26. The van der Waals surface area contributed by atoms with Gasteiger partial charge in [-0.05, 0) is 57.3 Å². The average Bonchev–Trinajstić information content (AvgIpc) is 2.37. The van der Waals surface area contributed by atoms with Crippen molar-refractivity contribution < 1.29 is 0 Å². The van der Waals surface area contributed by atoms with Crippen LogP contribution in [0, 0.1) is 12.8 Å². The molecule has 104 valence electrons. The minimum Gasteiger partial charge on any atom is -0.356 e. The van der Waals surface area contributed by atoms with Crippen LogP contribution in [0.5, 0.6) is 0 Å². The zero-order chi connectivity index (χ0) is 13.4. The van der Waals surface area contributed by atoms with Gasteiger partial charge in [-0.2, -0.15) is 0 Å². The van der Waals surface area contributed by atoms with Crippen LogP contribution in [0.1, 0.15) is 25.0 Å². The molecule has 0 amide bonds. The summed E-state index contributed by atoms with van der Waals surface area (Å²) in [6.07, 6.45) is 3.88. The molecule has 1 aromatic heterocycles. The van der Waals surface area contributed by atoms with Gasteiger partial charge >= 0.3 is 0 Å². The summed E-state index contributed by atoms with van der Waals surface area (Å²) in [5.41, 5.74) is 0.942. The van der Waals surface area contributed by atoms with Crippen LogP contribution in [-0.4, -0.2) is 47.6 Å². The Morgan fingerprint density at radius 2 is 2.11 bits per heavy atom. The molecule has 19 heavy (non-hydrogen) atoms. The topological polar surface area (TPSA) is 32.3 Å². The van der Waals surface area contributed by atoms with E-state index in [9.17, 15) is 0 Å². The number of anilines is 1. The number of rotatable bonds is 1. The van der Waals surface area contributed by atoms with Crippen molar-refractivity contribution in [3.63, 3.8) is 0 Å². The molecule has 2 saturated heterocycles. The smallest absolute Gasteiger partial charge is 0.224 e. The standard InChI is InChI=1S/C14H21ClN4/c1-10-8-13(17-14(15)16-10)19-7-5-12-11(9-19)4-3-6-18(12)2/h8,11-12H,3-7,9H2,1-2H3. The Hall–Kier alpha value is -0.870. The van der Waals surface area contributed by atoms with Crippen LogP contribution in [0.3, 0.4) is 0 Å². The minimum absolute atomic E-state index is 0.359. The van der Waals surface area contributed by atoms with Crippen LogP contribution in [0.2, 0.25) is 5.28 Å². The zero-order valence-electron chi connectivity index (χ0n) is 11.6. The molecule has 2 aliphatic heterocycles. The number of aromatic nitrogens is 2. The van der Waals surface area contributed by atoms with E-state index in [0.717, 1.165) is 36.6 Å². The fraction of sp³-hybridized carbons (Fsp3) is 0.714. The first-order valence-corrected chi connectivity index (χ1v) is 7.47. The average molecular weight is 281 g/mol. The highest BCUT2D eigenvalue weighted by molar-refractivity contribution is 6.28. The van der Waals surface area contributed by atoms with E-state index in [1.807, 2.05) is 13.0 Å². The van der Waals surface area contributed by atoms with Gasteiger partial charge in [0.05, 0.1) is 0 Å². The van der Waals surface area contributed by atoms with E-state index in [1.165, 1.54) is 25.8 Å². The number of hydrogen-bond donors (Lipinski definition) is 0. The molecule has 0 radical (unpaired) electrons. The van der Waals surface area contributed by atoms with E-state index in [0.29, 0.717) is 5.28 Å². The van der Waals surface area contributed by atoms with Gasteiger partial charge in [0.2, 0.25) is 5.28 Å². The monoisotopic (exact) mass is 280 g/mol. The number of piperidine rings is 2. The van der Waals surface area contributed by atoms with E-state index in [2.05, 4.69) is 26.8 Å². The van der Waals surface area contributed by atoms with E-state index in [1.54, 1.807) is 0 Å². The number of nitrogens with zero attached hydrogens (tertiary/aromatic N) is 4. The Morgan fingerprint density at radius 3 is 2.89 bits per heavy atom. The van der Waals surface area contributed by atoms with Crippen LogP contribution < -0.4 is 4.90 Å². The molecule has 2 fully saturated rings. The van der Waals surface area contributed by atoms with Crippen molar-refractivity contribution in [2.24, 2.45) is 5.92 Å². The van der Waals surface area contributed by atoms with Gasteiger partial charge in [-0.15, -0.1) is 0 Å². The highest BCUT2D eigenvalue weighted by Gasteiger charge is 2.34. The van der Waals surface area contributed by atoms with Gasteiger partial charge in [0.15, 0.2) is 0 Å². The predicted molar refractivity (Wildman–Crippen MR) is 77.8 cm³/mol. The first-order valence-electron chi connectivity index (χ1n) is 7.10. The van der Waals surface area contributed by atoms with Gasteiger partial charge in [-0.3, -0.25) is 0 Å². The molecule has 2 unspecified atom stereocenters. The minimum atomic E-state index is 0.359. The summed E-state index contributed by atoms with van der Waals surface area (Å²) in [4.78, 5) is 13.4. The van der Waals surface area contributed by atoms with Gasteiger partial charge in [-0.1, -0.05) is 0 Å². The second-order valence-corrected chi connectivity index (χ2v) is 6.16. The molecule has 0 N–H and O–H groups in total. The number of likely N-dealkylation sites (tertiary alicyclic amines) is 1. The lowest BCUT2D eigenvalue weighted by atomic mass is 9.84. The molecule has 1 aromatic rings. The third kappa shape index (κ3) is 2.70. The molecule has 5 heteroatoms. The van der Waals surface area contributed by atoms with Crippen LogP contribution in [-0.2, 0) is 0 Å². The lowest BCUT2D eigenvalue weighted by Gasteiger charge is -2.46. The van der Waals surface area contributed by atoms with Crippen molar-refractivity contribution in [2.75, 3.05) is 31.6 Å². The summed E-state index contributed by atoms with van der Waals surface area (Å²) in [5.74, 6) is 1.76. The van der Waals surface area contributed by atoms with Gasteiger partial charge in [0.1, 0.15) is 5.82 Å². The number of fused-ring (bicyclic) bond motifs is 1. The van der Waals surface area contributed by atoms with E-state index >= 15 is 0 Å². The molecule has 2 aliphatic rings. The van der Waals surface area contributed by atoms with Gasteiger partial charge in [0, 0.05) is 30.9 Å². The molecule has 0 aromatic carbocycles. The SMILES string of the molecule is Cc1cc(N2CCC3C(CCCN3C)C2)nc(Cl)n1. The number of hydrogen-bond acceptors (Lipinski definition) is 4. The Kier molecular flexibility index (Phi) is 3.63. The van der Waals surface area contributed by atoms with Crippen LogP contribution in [0.4, 0.5) is 5.82 Å². The van der Waals surface area contributed by atoms with Gasteiger partial charge in [0.25, 0.3) is 0 Å². The summed E-state index contributed by atoms with van der Waals surface area (Å²) < 4.78 is 0. The second kappa shape index (κ2) is 5.25. The summed E-state index contributed by atoms with van der Waals surface area (Å²) in [6, 6.07) is 2.79. The van der Waals surface area contributed by atoms with Crippen molar-refractivity contribution in [1.82, 2.24) is 14.9 Å². The third-order valence-corrected chi connectivity index (χ3v) is 4.65. The molecule has 0 bridgehead atoms. The fourth-order valence-electron chi connectivity index (χ4n) is 3.54. The third-order valence-electron chi connectivity index (χ3n) is 4.48. The second-order valence-electron chi connectivity index (χ2n) is 5.82. The van der Waals surface area contributed by atoms with Crippen molar-refractivity contribution in [2.45, 2.75) is 32.2 Å². The first kappa shape index (κ1) is 13.1. The Morgan fingerprint density at radius 1 is 1.26 bits per heavy atom. The highest BCUT2D eigenvalue weighted by atomic mass is 35.5. The van der Waals surface area contributed by atoms with Crippen molar-refractivity contribution in [3.05, 3.63) is 17.0 Å². The number of halogens is 1. The Labute approximate surface area is 119 Å². The van der Waals surface area contributed by atoms with E-state index in [-0.39, 0.29) is 0 Å². The maximum absolute atomic E-state index is 5.97. The molecule has 3 heterocycles. The Balaban J connectivity index is 1.77.